The molecule has 1 saturated carbocycles. The zero-order chi connectivity index (χ0) is 10.3. The molecular weight excluding hydrogens is 204 g/mol. The summed E-state index contributed by atoms with van der Waals surface area (Å²) in [5.41, 5.74) is -0.945. The van der Waals surface area contributed by atoms with Crippen LogP contribution in [-0.4, -0.2) is 22.7 Å². The van der Waals surface area contributed by atoms with Crippen LogP contribution in [0.4, 0.5) is 0 Å². The second-order valence-corrected chi connectivity index (χ2v) is 4.11. The Bertz CT molecular complexity index is 323. The average molecular weight is 215 g/mol. The van der Waals surface area contributed by atoms with Crippen LogP contribution in [0, 0.1) is 5.92 Å². The molecule has 0 aromatic heterocycles. The predicted octanol–water partition coefficient (Wildman–Crippen LogP) is 1.44. The molecule has 1 fully saturated rings. The molecule has 3 nitrogen and oxygen atoms in total. The van der Waals surface area contributed by atoms with Crippen LogP contribution in [0.3, 0.4) is 0 Å². The van der Waals surface area contributed by atoms with E-state index >= 15 is 0 Å². The maximum absolute atomic E-state index is 11.6. The second-order valence-electron chi connectivity index (χ2n) is 3.64. The summed E-state index contributed by atoms with van der Waals surface area (Å²) in [4.78, 5) is 22.7. The van der Waals surface area contributed by atoms with Gasteiger partial charge in [0.2, 0.25) is 0 Å². The number of Topliss-reactive ketones (excluding diaryl/α,β-unsaturated/α-hetero) is 1. The lowest BCUT2D eigenvalue weighted by Gasteiger charge is -2.45. The maximum Gasteiger partial charge on any atom is 0.306 e. The standard InChI is InChI=1S/C10H11ClO3/c1-2-7(12)14-10-5-3-4-6(10)8(11)9(10)13/h3-4,6,8H,2,5H2,1H3. The van der Waals surface area contributed by atoms with Gasteiger partial charge < -0.3 is 4.74 Å². The summed E-state index contributed by atoms with van der Waals surface area (Å²) in [5, 5.41) is -0.515. The van der Waals surface area contributed by atoms with Gasteiger partial charge in [-0.3, -0.25) is 9.59 Å². The van der Waals surface area contributed by atoms with Crippen LogP contribution in [0.25, 0.3) is 0 Å². The molecule has 0 heterocycles. The Balaban J connectivity index is 2.16. The fourth-order valence-corrected chi connectivity index (χ4v) is 2.49. The minimum atomic E-state index is -0.945. The molecule has 0 aromatic rings. The molecule has 76 valence electrons. The normalized spacial score (nSPS) is 39.1. The van der Waals surface area contributed by atoms with Crippen molar-refractivity contribution in [2.45, 2.75) is 30.7 Å². The van der Waals surface area contributed by atoms with Gasteiger partial charge >= 0.3 is 5.97 Å². The fourth-order valence-electron chi connectivity index (χ4n) is 2.02. The number of alkyl halides is 1. The zero-order valence-electron chi connectivity index (χ0n) is 7.83. The molecule has 0 saturated heterocycles. The van der Waals surface area contributed by atoms with Gasteiger partial charge in [-0.05, 0) is 0 Å². The molecule has 14 heavy (non-hydrogen) atoms. The van der Waals surface area contributed by atoms with Gasteiger partial charge in [-0.25, -0.2) is 0 Å². The Hall–Kier alpha value is -0.830. The molecule has 0 bridgehead atoms. The van der Waals surface area contributed by atoms with Gasteiger partial charge in [0.25, 0.3) is 0 Å². The van der Waals surface area contributed by atoms with Crippen LogP contribution in [0.5, 0.6) is 0 Å². The quantitative estimate of drug-likeness (QED) is 0.397. The minimum Gasteiger partial charge on any atom is -0.450 e. The van der Waals surface area contributed by atoms with E-state index < -0.39 is 11.0 Å². The molecule has 4 heteroatoms. The number of halogens is 1. The summed E-state index contributed by atoms with van der Waals surface area (Å²) in [6.45, 7) is 1.71. The van der Waals surface area contributed by atoms with Crippen molar-refractivity contribution in [3.8, 4) is 0 Å². The van der Waals surface area contributed by atoms with Crippen molar-refractivity contribution in [2.24, 2.45) is 5.92 Å². The fraction of sp³-hybridized carbons (Fsp3) is 0.600. The number of hydrogen-bond donors (Lipinski definition) is 0. The van der Waals surface area contributed by atoms with E-state index in [9.17, 15) is 9.59 Å². The Morgan fingerprint density at radius 1 is 1.79 bits per heavy atom. The van der Waals surface area contributed by atoms with Crippen molar-refractivity contribution in [1.82, 2.24) is 0 Å². The molecule has 2 aliphatic carbocycles. The number of carbonyl (C=O) groups excluding carboxylic acids is 2. The SMILES string of the molecule is CCC(=O)OC12CC=CC1C(Cl)C2=O. The van der Waals surface area contributed by atoms with Crippen LogP contribution in [0.15, 0.2) is 12.2 Å². The van der Waals surface area contributed by atoms with Crippen molar-refractivity contribution in [2.75, 3.05) is 0 Å². The maximum atomic E-state index is 11.6. The molecule has 2 rings (SSSR count). The predicted molar refractivity (Wildman–Crippen MR) is 51.0 cm³/mol. The van der Waals surface area contributed by atoms with E-state index in [0.29, 0.717) is 6.42 Å². The highest BCUT2D eigenvalue weighted by Crippen LogP contribution is 2.49. The number of rotatable bonds is 2. The second kappa shape index (κ2) is 3.09. The van der Waals surface area contributed by atoms with Gasteiger partial charge in [0, 0.05) is 18.8 Å². The van der Waals surface area contributed by atoms with Gasteiger partial charge in [-0.2, -0.15) is 0 Å². The third kappa shape index (κ3) is 1.05. The van der Waals surface area contributed by atoms with E-state index in [4.69, 9.17) is 16.3 Å². The third-order valence-electron chi connectivity index (χ3n) is 2.87. The first-order valence-corrected chi connectivity index (χ1v) is 5.12. The Morgan fingerprint density at radius 3 is 3.14 bits per heavy atom. The topological polar surface area (TPSA) is 43.4 Å². The first-order valence-electron chi connectivity index (χ1n) is 4.68. The van der Waals surface area contributed by atoms with Gasteiger partial charge in [0.15, 0.2) is 11.4 Å². The number of esters is 1. The first kappa shape index (κ1) is 9.71. The molecule has 3 unspecified atom stereocenters. The van der Waals surface area contributed by atoms with Crippen LogP contribution < -0.4 is 0 Å². The van der Waals surface area contributed by atoms with Crippen molar-refractivity contribution in [1.29, 1.82) is 0 Å². The minimum absolute atomic E-state index is 0.118. The third-order valence-corrected chi connectivity index (χ3v) is 3.34. The lowest BCUT2D eigenvalue weighted by molar-refractivity contribution is -0.181. The Morgan fingerprint density at radius 2 is 2.50 bits per heavy atom. The Labute approximate surface area is 87.1 Å². The highest BCUT2D eigenvalue weighted by Gasteiger charge is 2.64. The molecule has 0 amide bonds. The van der Waals surface area contributed by atoms with Gasteiger partial charge in [0.1, 0.15) is 5.38 Å². The molecule has 3 atom stereocenters. The number of fused-ring (bicyclic) bond motifs is 1. The van der Waals surface area contributed by atoms with Crippen molar-refractivity contribution >= 4 is 23.4 Å². The van der Waals surface area contributed by atoms with E-state index in [-0.39, 0.29) is 24.1 Å². The van der Waals surface area contributed by atoms with Gasteiger partial charge in [-0.1, -0.05) is 19.1 Å². The van der Waals surface area contributed by atoms with Crippen LogP contribution in [0.1, 0.15) is 19.8 Å². The summed E-state index contributed by atoms with van der Waals surface area (Å²) in [7, 11) is 0. The van der Waals surface area contributed by atoms with Crippen LogP contribution in [-0.2, 0) is 14.3 Å². The van der Waals surface area contributed by atoms with Crippen molar-refractivity contribution < 1.29 is 14.3 Å². The summed E-state index contributed by atoms with van der Waals surface area (Å²) < 4.78 is 5.19. The summed E-state index contributed by atoms with van der Waals surface area (Å²) in [5.74, 6) is -0.612. The lowest BCUT2D eigenvalue weighted by Crippen LogP contribution is -2.64. The van der Waals surface area contributed by atoms with Crippen LogP contribution >= 0.6 is 11.6 Å². The van der Waals surface area contributed by atoms with Crippen molar-refractivity contribution in [3.63, 3.8) is 0 Å². The highest BCUT2D eigenvalue weighted by atomic mass is 35.5. The number of ketones is 1. The van der Waals surface area contributed by atoms with Gasteiger partial charge in [0.05, 0.1) is 0 Å². The van der Waals surface area contributed by atoms with Crippen LogP contribution in [0.2, 0.25) is 0 Å². The number of hydrogen-bond acceptors (Lipinski definition) is 3. The summed E-state index contributed by atoms with van der Waals surface area (Å²) in [6, 6.07) is 0. The van der Waals surface area contributed by atoms with E-state index in [0.717, 1.165) is 0 Å². The largest absolute Gasteiger partial charge is 0.450 e. The van der Waals surface area contributed by atoms with Gasteiger partial charge in [-0.15, -0.1) is 11.6 Å². The summed E-state index contributed by atoms with van der Waals surface area (Å²) in [6.07, 6.45) is 4.48. The van der Waals surface area contributed by atoms with E-state index in [1.54, 1.807) is 6.92 Å². The number of carbonyl (C=O) groups is 2. The summed E-state index contributed by atoms with van der Waals surface area (Å²) >= 11 is 5.82. The monoisotopic (exact) mass is 214 g/mol. The Kier molecular flexibility index (Phi) is 2.14. The van der Waals surface area contributed by atoms with Crippen molar-refractivity contribution in [3.05, 3.63) is 12.2 Å². The molecule has 0 aromatic carbocycles. The van der Waals surface area contributed by atoms with E-state index in [1.165, 1.54) is 0 Å². The molecule has 0 radical (unpaired) electrons. The molecule has 0 spiro atoms. The smallest absolute Gasteiger partial charge is 0.306 e. The lowest BCUT2D eigenvalue weighted by atomic mass is 9.69. The number of ether oxygens (including phenoxy) is 1. The zero-order valence-corrected chi connectivity index (χ0v) is 8.58. The molecule has 2 aliphatic rings. The van der Waals surface area contributed by atoms with E-state index in [1.807, 2.05) is 12.2 Å². The average Bonchev–Trinajstić information content (AvgIpc) is 2.57. The molecule has 0 aliphatic heterocycles. The first-order chi connectivity index (χ1) is 6.62. The highest BCUT2D eigenvalue weighted by molar-refractivity contribution is 6.36. The molecule has 0 N–H and O–H groups in total. The van der Waals surface area contributed by atoms with E-state index in [2.05, 4.69) is 0 Å². The molecular formula is C10H11ClO3.